The van der Waals surface area contributed by atoms with Crippen LogP contribution in [-0.2, 0) is 26.3 Å². The molecule has 0 radical (unpaired) electrons. The van der Waals surface area contributed by atoms with E-state index in [0.717, 1.165) is 12.3 Å². The van der Waals surface area contributed by atoms with E-state index in [2.05, 4.69) is 151 Å². The minimum absolute atomic E-state index is 0. The summed E-state index contributed by atoms with van der Waals surface area (Å²) in [5.74, 6) is 3.93. The summed E-state index contributed by atoms with van der Waals surface area (Å²) in [4.78, 5) is 0. The van der Waals surface area contributed by atoms with Gasteiger partial charge in [-0.3, -0.25) is 0 Å². The van der Waals surface area contributed by atoms with Gasteiger partial charge >= 0.3 is 37.9 Å². The molecule has 4 aliphatic rings. The van der Waals surface area contributed by atoms with Crippen molar-refractivity contribution in [3.8, 4) is 0 Å². The van der Waals surface area contributed by atoms with E-state index in [1.165, 1.54) is 54.4 Å². The number of hydrogen-bond donors (Lipinski definition) is 0. The van der Waals surface area contributed by atoms with Gasteiger partial charge in [0.25, 0.3) is 0 Å². The summed E-state index contributed by atoms with van der Waals surface area (Å²) in [5.41, 5.74) is 6.29. The van der Waals surface area contributed by atoms with E-state index in [-0.39, 0.29) is 31.1 Å². The summed E-state index contributed by atoms with van der Waals surface area (Å²) >= 11 is -0.826. The molecule has 6 atom stereocenters. The molecule has 0 heterocycles. The number of halogens is 2. The van der Waals surface area contributed by atoms with Crippen LogP contribution in [0, 0.1) is 67.1 Å². The third-order valence-electron chi connectivity index (χ3n) is 11.9. The van der Waals surface area contributed by atoms with Crippen molar-refractivity contribution in [3.05, 3.63) is 147 Å². The first-order chi connectivity index (χ1) is 22.5. The predicted molar refractivity (Wildman–Crippen MR) is 214 cm³/mol. The molecule has 0 aliphatic heterocycles. The van der Waals surface area contributed by atoms with Crippen LogP contribution in [0.1, 0.15) is 91.2 Å². The van der Waals surface area contributed by atoms with Crippen LogP contribution in [0.3, 0.4) is 0 Å². The topological polar surface area (TPSA) is 0 Å². The molecule has 264 valence electrons. The maximum absolute atomic E-state index is 4.93. The third kappa shape index (κ3) is 8.81. The molecule has 3 heteroatoms. The van der Waals surface area contributed by atoms with Crippen LogP contribution in [0.5, 0.6) is 0 Å². The van der Waals surface area contributed by atoms with E-state index in [0.29, 0.717) is 35.5 Å². The zero-order chi connectivity index (χ0) is 33.8. The van der Waals surface area contributed by atoms with Gasteiger partial charge in [-0.2, -0.15) is 0 Å². The molecule has 2 saturated carbocycles. The van der Waals surface area contributed by atoms with E-state index in [9.17, 15) is 0 Å². The van der Waals surface area contributed by atoms with Gasteiger partial charge in [-0.05, 0) is 100 Å². The molecule has 4 aliphatic carbocycles. The van der Waals surface area contributed by atoms with E-state index in [1.807, 2.05) is 0 Å². The molecule has 0 spiro atoms. The molecular formula is C46H62Cl2Zr. The molecule has 0 aromatic heterocycles. The summed E-state index contributed by atoms with van der Waals surface area (Å²) in [6.07, 6.45) is 25.5. The van der Waals surface area contributed by atoms with E-state index < -0.39 is 20.8 Å². The molecule has 2 aromatic rings. The average Bonchev–Trinajstić information content (AvgIpc) is 3.65. The Labute approximate surface area is 320 Å². The van der Waals surface area contributed by atoms with Crippen LogP contribution in [0.25, 0.3) is 0 Å². The molecule has 2 fully saturated rings. The van der Waals surface area contributed by atoms with Crippen molar-refractivity contribution in [2.45, 2.75) is 85.5 Å². The summed E-state index contributed by atoms with van der Waals surface area (Å²) in [5, 5.41) is 0. The fourth-order valence-corrected chi connectivity index (χ4v) is 9.78. The first-order valence-electron chi connectivity index (χ1n) is 18.0. The number of unbranched alkanes of at least 4 members (excludes halogenated alkanes) is 1. The second-order valence-electron chi connectivity index (χ2n) is 16.6. The Kier molecular flexibility index (Phi) is 15.3. The van der Waals surface area contributed by atoms with Crippen molar-refractivity contribution in [2.75, 3.05) is 0 Å². The van der Waals surface area contributed by atoms with E-state index in [1.54, 1.807) is 0 Å². The molecule has 0 amide bonds. The summed E-state index contributed by atoms with van der Waals surface area (Å²) in [6.45, 7) is 18.4. The van der Waals surface area contributed by atoms with E-state index in [4.69, 9.17) is 17.0 Å². The number of allylic oxidation sites excluding steroid dienone is 9. The molecule has 2 aromatic carbocycles. The molecule has 6 unspecified atom stereocenters. The van der Waals surface area contributed by atoms with Crippen LogP contribution in [-0.4, -0.2) is 0 Å². The zero-order valence-corrected chi connectivity index (χ0v) is 35.5. The van der Waals surface area contributed by atoms with Crippen LogP contribution in [0.15, 0.2) is 121 Å². The van der Waals surface area contributed by atoms with Crippen molar-refractivity contribution < 1.29 is 20.8 Å². The second kappa shape index (κ2) is 17.9. The second-order valence-corrected chi connectivity index (χ2v) is 20.3. The van der Waals surface area contributed by atoms with Gasteiger partial charge < -0.3 is 14.9 Å². The van der Waals surface area contributed by atoms with Gasteiger partial charge in [-0.1, -0.05) is 158 Å². The van der Waals surface area contributed by atoms with Gasteiger partial charge in [0.2, 0.25) is 0 Å². The first kappa shape index (κ1) is 42.0. The van der Waals surface area contributed by atoms with Gasteiger partial charge in [0.05, 0.1) is 0 Å². The minimum atomic E-state index is -0.826. The number of benzene rings is 2. The van der Waals surface area contributed by atoms with Gasteiger partial charge in [0, 0.05) is 5.41 Å². The van der Waals surface area contributed by atoms with Gasteiger partial charge in [0.1, 0.15) is 0 Å². The number of fused-ring (bicyclic) bond motifs is 3. The van der Waals surface area contributed by atoms with Crippen LogP contribution in [0.4, 0.5) is 0 Å². The molecule has 0 saturated heterocycles. The van der Waals surface area contributed by atoms with Crippen molar-refractivity contribution >= 4 is 17.0 Å². The summed E-state index contributed by atoms with van der Waals surface area (Å²) in [6, 6.07) is 23.6. The molecule has 0 bridgehead atoms. The van der Waals surface area contributed by atoms with Crippen LogP contribution >= 0.6 is 17.0 Å². The Balaban J connectivity index is 0.00000126. The van der Waals surface area contributed by atoms with Crippen LogP contribution in [0.2, 0.25) is 0 Å². The average molecular weight is 777 g/mol. The number of rotatable bonds is 8. The zero-order valence-electron chi connectivity index (χ0n) is 31.6. The Morgan fingerprint density at radius 1 is 0.714 bits per heavy atom. The Bertz CT molecular complexity index is 1360. The van der Waals surface area contributed by atoms with Gasteiger partial charge in [0.15, 0.2) is 0 Å². The Hall–Kier alpha value is -1.40. The van der Waals surface area contributed by atoms with Crippen molar-refractivity contribution in [3.63, 3.8) is 0 Å². The molecule has 0 nitrogen and oxygen atoms in total. The molecule has 6 rings (SSSR count). The third-order valence-corrected chi connectivity index (χ3v) is 11.9. The standard InChI is InChI=1S/C44H56.2CH3.2ClH.Zr/c1-8-9-12-17-31-22-23-36(28-31)44(32-18-13-10-14-19-32,33-20-15-11-16-21-33)41-39-29-34(42(2,3)4)24-26-37(39)38-27-25-35(30-40(38)41)43(5,6)7;;;;;/h8,10-11,13-16,18-21,24-27,29-31,36-41H,1,9,12,17,22-23,28H2,2-7H3;2*1H3;2*1H;/q;2*-1;;;+4/p-2. The quantitative estimate of drug-likeness (QED) is 0.142. The van der Waals surface area contributed by atoms with Gasteiger partial charge in [-0.15, -0.1) is 6.58 Å². The summed E-state index contributed by atoms with van der Waals surface area (Å²) in [7, 11) is 9.87. The predicted octanol–water partition coefficient (Wildman–Crippen LogP) is 14.2. The molecular weight excluding hydrogens is 715 g/mol. The van der Waals surface area contributed by atoms with E-state index >= 15 is 0 Å². The SMILES string of the molecule is C=CCCCC1CCC(C(c2ccccc2)(c2ccccc2)C2C3C=C(C(C)(C)C)C=CC3C3C=CC(C(C)(C)C)=CC32)C1.[CH3-].[CH3-].[Cl][Zr+2][Cl]. The Morgan fingerprint density at radius 3 is 1.57 bits per heavy atom. The maximum atomic E-state index is 4.93. The monoisotopic (exact) mass is 774 g/mol. The molecule has 0 N–H and O–H groups in total. The van der Waals surface area contributed by atoms with Crippen molar-refractivity contribution in [1.29, 1.82) is 0 Å². The molecule has 49 heavy (non-hydrogen) atoms. The van der Waals surface area contributed by atoms with Crippen molar-refractivity contribution in [1.82, 2.24) is 0 Å². The number of hydrogen-bond acceptors (Lipinski definition) is 0. The van der Waals surface area contributed by atoms with Gasteiger partial charge in [-0.25, -0.2) is 0 Å². The van der Waals surface area contributed by atoms with Crippen LogP contribution < -0.4 is 0 Å². The fraction of sp³-hybridized carbons (Fsp3) is 0.478. The van der Waals surface area contributed by atoms with Crippen molar-refractivity contribution in [2.24, 2.45) is 52.3 Å². The summed E-state index contributed by atoms with van der Waals surface area (Å²) < 4.78 is 0. The fourth-order valence-electron chi connectivity index (χ4n) is 9.78. The normalized spacial score (nSPS) is 27.1. The Morgan fingerprint density at radius 2 is 1.16 bits per heavy atom. The first-order valence-corrected chi connectivity index (χ1v) is 24.3.